The molecule has 6 heteroatoms. The monoisotopic (exact) mass is 357 g/mol. The van der Waals surface area contributed by atoms with Crippen LogP contribution in [-0.4, -0.2) is 21.5 Å². The third-order valence-corrected chi connectivity index (χ3v) is 4.74. The molecule has 2 aromatic rings. The summed E-state index contributed by atoms with van der Waals surface area (Å²) in [5.74, 6) is 0. The van der Waals surface area contributed by atoms with Crippen LogP contribution in [0, 0.1) is 11.3 Å². The van der Waals surface area contributed by atoms with Crippen molar-refractivity contribution < 1.29 is 8.42 Å². The third kappa shape index (κ3) is 4.81. The normalized spacial score (nSPS) is 12.2. The van der Waals surface area contributed by atoms with Gasteiger partial charge in [-0.1, -0.05) is 32.0 Å². The smallest absolute Gasteiger partial charge is 0.248 e. The summed E-state index contributed by atoms with van der Waals surface area (Å²) in [4.78, 5) is 1.92. The molecule has 0 radical (unpaired) electrons. The van der Waals surface area contributed by atoms with Crippen LogP contribution < -0.4 is 10.0 Å². The minimum atomic E-state index is -4.00. The van der Waals surface area contributed by atoms with E-state index in [0.29, 0.717) is 5.56 Å². The van der Waals surface area contributed by atoms with Crippen LogP contribution in [0.1, 0.15) is 32.3 Å². The van der Waals surface area contributed by atoms with Crippen LogP contribution in [0.2, 0.25) is 0 Å². The zero-order valence-electron chi connectivity index (χ0n) is 14.6. The summed E-state index contributed by atoms with van der Waals surface area (Å²) < 4.78 is 22.7. The first kappa shape index (κ1) is 19.0. The Morgan fingerprint density at radius 1 is 1.12 bits per heavy atom. The molecule has 0 aliphatic rings. The second kappa shape index (κ2) is 8.15. The van der Waals surface area contributed by atoms with Crippen molar-refractivity contribution in [3.63, 3.8) is 0 Å². The highest BCUT2D eigenvalue weighted by atomic mass is 32.2. The molecular weight excluding hydrogens is 334 g/mol. The average molecular weight is 357 g/mol. The summed E-state index contributed by atoms with van der Waals surface area (Å²) in [6.07, 6.45) is 3.47. The fourth-order valence-corrected chi connectivity index (χ4v) is 3.20. The van der Waals surface area contributed by atoms with Gasteiger partial charge in [0, 0.05) is 18.8 Å². The molecule has 2 N–H and O–H groups in total. The number of hydrogen-bond donors (Lipinski definition) is 1. The molecule has 0 amide bonds. The maximum absolute atomic E-state index is 11.4. The van der Waals surface area contributed by atoms with Gasteiger partial charge in [0.15, 0.2) is 4.91 Å². The molecule has 2 aromatic carbocycles. The molecule has 0 unspecified atom stereocenters. The third-order valence-electron chi connectivity index (χ3n) is 3.91. The summed E-state index contributed by atoms with van der Waals surface area (Å²) in [5.41, 5.74) is 1.81. The van der Waals surface area contributed by atoms with E-state index >= 15 is 0 Å². The Morgan fingerprint density at radius 2 is 1.72 bits per heavy atom. The predicted molar refractivity (Wildman–Crippen MR) is 103 cm³/mol. The fourth-order valence-electron chi connectivity index (χ4n) is 2.78. The zero-order valence-corrected chi connectivity index (χ0v) is 15.4. The average Bonchev–Trinajstić information content (AvgIpc) is 2.58. The Balaban J connectivity index is 2.42. The Hall–Kier alpha value is -2.36. The van der Waals surface area contributed by atoms with E-state index in [-0.39, 0.29) is 0 Å². The van der Waals surface area contributed by atoms with Crippen molar-refractivity contribution in [1.82, 2.24) is 0 Å². The molecule has 25 heavy (non-hydrogen) atoms. The number of sulfonamides is 1. The molecule has 5 nitrogen and oxygen atoms in total. The first-order chi connectivity index (χ1) is 11.9. The molecule has 132 valence electrons. The molecule has 0 atom stereocenters. The molecule has 2 rings (SSSR count). The number of nitrogens with two attached hydrogens (primary N) is 1. The van der Waals surface area contributed by atoms with Crippen molar-refractivity contribution in [3.05, 3.63) is 46.9 Å². The Morgan fingerprint density at radius 3 is 2.28 bits per heavy atom. The lowest BCUT2D eigenvalue weighted by atomic mass is 10.1. The number of nitrogens with zero attached hydrogens (tertiary/aromatic N) is 2. The first-order valence-electron chi connectivity index (χ1n) is 8.32. The van der Waals surface area contributed by atoms with E-state index in [4.69, 9.17) is 10.4 Å². The van der Waals surface area contributed by atoms with Crippen molar-refractivity contribution in [1.29, 1.82) is 5.26 Å². The van der Waals surface area contributed by atoms with Crippen molar-refractivity contribution in [2.24, 2.45) is 5.14 Å². The molecule has 0 heterocycles. The standard InChI is InChI=1S/C19H23N3O2S/c1-3-9-22(10-4-2)18-8-7-16-11-15(5-6-17(16)13-18)12-19(14-20)25(21,23)24/h5-8,11-13H,3-4,9-10H2,1-2H3,(H2,21,23,24)/b19-12+. The topological polar surface area (TPSA) is 87.2 Å². The highest BCUT2D eigenvalue weighted by Crippen LogP contribution is 2.24. The predicted octanol–water partition coefficient (Wildman–Crippen LogP) is 3.62. The molecule has 0 aliphatic heterocycles. The minimum Gasteiger partial charge on any atom is -0.372 e. The first-order valence-corrected chi connectivity index (χ1v) is 9.87. The number of nitriles is 1. The molecular formula is C19H23N3O2S. The number of fused-ring (bicyclic) bond motifs is 1. The van der Waals surface area contributed by atoms with E-state index in [1.807, 2.05) is 18.2 Å². The van der Waals surface area contributed by atoms with Gasteiger partial charge in [-0.05, 0) is 53.5 Å². The second-order valence-corrected chi connectivity index (χ2v) is 7.47. The van der Waals surface area contributed by atoms with Crippen LogP contribution in [0.25, 0.3) is 16.8 Å². The van der Waals surface area contributed by atoms with Crippen LogP contribution in [0.3, 0.4) is 0 Å². The van der Waals surface area contributed by atoms with Crippen molar-refractivity contribution in [2.45, 2.75) is 26.7 Å². The molecule has 0 aliphatic carbocycles. The van der Waals surface area contributed by atoms with Gasteiger partial charge in [-0.15, -0.1) is 0 Å². The van der Waals surface area contributed by atoms with Gasteiger partial charge in [0.25, 0.3) is 0 Å². The van der Waals surface area contributed by atoms with E-state index in [1.165, 1.54) is 11.8 Å². The number of allylic oxidation sites excluding steroid dienone is 1. The van der Waals surface area contributed by atoms with Crippen LogP contribution in [-0.2, 0) is 10.0 Å². The largest absolute Gasteiger partial charge is 0.372 e. The molecule has 0 saturated heterocycles. The molecule has 0 saturated carbocycles. The summed E-state index contributed by atoms with van der Waals surface area (Å²) >= 11 is 0. The maximum atomic E-state index is 11.4. The number of hydrogen-bond acceptors (Lipinski definition) is 4. The lowest BCUT2D eigenvalue weighted by molar-refractivity contribution is 0.605. The van der Waals surface area contributed by atoms with Gasteiger partial charge in [-0.3, -0.25) is 0 Å². The number of rotatable bonds is 7. The number of anilines is 1. The molecule has 0 spiro atoms. The SMILES string of the molecule is CCCN(CCC)c1ccc2cc(/C=C(\C#N)S(N)(=O)=O)ccc2c1. The molecule has 0 aromatic heterocycles. The second-order valence-electron chi connectivity index (χ2n) is 5.94. The molecule has 0 bridgehead atoms. The summed E-state index contributed by atoms with van der Waals surface area (Å²) in [6, 6.07) is 13.4. The fraction of sp³-hybridized carbons (Fsp3) is 0.316. The van der Waals surface area contributed by atoms with Gasteiger partial charge in [-0.25, -0.2) is 13.6 Å². The number of primary sulfonamides is 1. The zero-order chi connectivity index (χ0) is 18.4. The van der Waals surface area contributed by atoms with Gasteiger partial charge in [0.2, 0.25) is 10.0 Å². The Labute approximate surface area is 149 Å². The Bertz CT molecular complexity index is 921. The van der Waals surface area contributed by atoms with E-state index in [2.05, 4.69) is 30.9 Å². The highest BCUT2D eigenvalue weighted by Gasteiger charge is 2.11. The van der Waals surface area contributed by atoms with Crippen LogP contribution in [0.15, 0.2) is 41.3 Å². The van der Waals surface area contributed by atoms with Gasteiger partial charge in [0.1, 0.15) is 6.07 Å². The summed E-state index contributed by atoms with van der Waals surface area (Å²) in [7, 11) is -4.00. The van der Waals surface area contributed by atoms with Gasteiger partial charge < -0.3 is 4.90 Å². The van der Waals surface area contributed by atoms with Crippen molar-refractivity contribution >= 4 is 32.6 Å². The lowest BCUT2D eigenvalue weighted by Crippen LogP contribution is -2.24. The Kier molecular flexibility index (Phi) is 6.18. The summed E-state index contributed by atoms with van der Waals surface area (Å²) in [6.45, 7) is 6.36. The maximum Gasteiger partial charge on any atom is 0.248 e. The van der Waals surface area contributed by atoms with Gasteiger partial charge >= 0.3 is 0 Å². The van der Waals surface area contributed by atoms with Crippen LogP contribution in [0.5, 0.6) is 0 Å². The van der Waals surface area contributed by atoms with E-state index in [1.54, 1.807) is 12.1 Å². The van der Waals surface area contributed by atoms with E-state index in [9.17, 15) is 8.42 Å². The molecule has 0 fully saturated rings. The van der Waals surface area contributed by atoms with E-state index < -0.39 is 14.9 Å². The highest BCUT2D eigenvalue weighted by molar-refractivity contribution is 7.93. The van der Waals surface area contributed by atoms with Crippen molar-refractivity contribution in [3.8, 4) is 6.07 Å². The van der Waals surface area contributed by atoms with E-state index in [0.717, 1.165) is 36.7 Å². The van der Waals surface area contributed by atoms with Gasteiger partial charge in [0.05, 0.1) is 0 Å². The van der Waals surface area contributed by atoms with Crippen LogP contribution in [0.4, 0.5) is 5.69 Å². The van der Waals surface area contributed by atoms with Gasteiger partial charge in [-0.2, -0.15) is 5.26 Å². The summed E-state index contributed by atoms with van der Waals surface area (Å²) in [5, 5.41) is 16.0. The lowest BCUT2D eigenvalue weighted by Gasteiger charge is -2.24. The number of benzene rings is 2. The van der Waals surface area contributed by atoms with Crippen molar-refractivity contribution in [2.75, 3.05) is 18.0 Å². The van der Waals surface area contributed by atoms with Crippen LogP contribution >= 0.6 is 0 Å². The quantitative estimate of drug-likeness (QED) is 0.767. The minimum absolute atomic E-state index is 0.444.